The zero-order chi connectivity index (χ0) is 13.5. The van der Waals surface area contributed by atoms with E-state index in [-0.39, 0.29) is 37.4 Å². The number of carbonyl (C=O) groups is 2. The Balaban J connectivity index is 2.75. The molecule has 1 aromatic rings. The summed E-state index contributed by atoms with van der Waals surface area (Å²) >= 11 is 0. The number of hydrogen-bond acceptors (Lipinski definition) is 5. The van der Waals surface area contributed by atoms with Gasteiger partial charge in [0.15, 0.2) is 0 Å². The number of aromatic nitrogens is 2. The molecule has 0 atom stereocenters. The molecule has 0 bridgehead atoms. The topological polar surface area (TPSA) is 128 Å². The second-order valence-electron chi connectivity index (χ2n) is 3.41. The number of carboxylic acids is 1. The number of nitrogens with one attached hydrogen (secondary N) is 1. The zero-order valence-corrected chi connectivity index (χ0v) is 9.46. The standard InChI is InChI=1S/C10H12N4O4/c11-5-7-6-12-14(3-4-15)10(7)13-8(16)1-2-9(17)18/h6,15H,1-4H2,(H,13,16)(H,17,18). The molecule has 1 heterocycles. The van der Waals surface area contributed by atoms with E-state index in [1.165, 1.54) is 10.9 Å². The van der Waals surface area contributed by atoms with Crippen molar-refractivity contribution in [3.63, 3.8) is 0 Å². The molecule has 0 fully saturated rings. The third kappa shape index (κ3) is 3.57. The Bertz CT molecular complexity index is 489. The lowest BCUT2D eigenvalue weighted by atomic mass is 10.3. The highest BCUT2D eigenvalue weighted by Crippen LogP contribution is 2.14. The van der Waals surface area contributed by atoms with Crippen molar-refractivity contribution >= 4 is 17.7 Å². The number of aliphatic carboxylic acids is 1. The molecule has 8 heteroatoms. The summed E-state index contributed by atoms with van der Waals surface area (Å²) in [6.45, 7) is -0.0548. The van der Waals surface area contributed by atoms with Crippen LogP contribution in [0.1, 0.15) is 18.4 Å². The summed E-state index contributed by atoms with van der Waals surface area (Å²) in [5.41, 5.74) is 0.159. The van der Waals surface area contributed by atoms with E-state index < -0.39 is 11.9 Å². The van der Waals surface area contributed by atoms with Gasteiger partial charge in [-0.05, 0) is 0 Å². The third-order valence-electron chi connectivity index (χ3n) is 2.10. The molecule has 0 aliphatic rings. The first-order valence-corrected chi connectivity index (χ1v) is 5.17. The summed E-state index contributed by atoms with van der Waals surface area (Å²) in [6.07, 6.45) is 0.787. The predicted molar refractivity (Wildman–Crippen MR) is 59.5 cm³/mol. The van der Waals surface area contributed by atoms with Crippen LogP contribution in [0.25, 0.3) is 0 Å². The Morgan fingerprint density at radius 2 is 2.22 bits per heavy atom. The minimum atomic E-state index is -1.07. The fourth-order valence-electron chi connectivity index (χ4n) is 1.28. The first kappa shape index (κ1) is 13.7. The second-order valence-corrected chi connectivity index (χ2v) is 3.41. The van der Waals surface area contributed by atoms with Crippen LogP contribution < -0.4 is 5.32 Å². The normalized spacial score (nSPS) is 9.78. The van der Waals surface area contributed by atoms with Crippen LogP contribution in [0.4, 0.5) is 5.82 Å². The van der Waals surface area contributed by atoms with E-state index in [0.717, 1.165) is 0 Å². The van der Waals surface area contributed by atoms with E-state index in [0.29, 0.717) is 0 Å². The first-order chi connectivity index (χ1) is 8.58. The van der Waals surface area contributed by atoms with Crippen molar-refractivity contribution in [3.05, 3.63) is 11.8 Å². The molecular weight excluding hydrogens is 240 g/mol. The molecule has 8 nitrogen and oxygen atoms in total. The molecule has 0 unspecified atom stereocenters. The van der Waals surface area contributed by atoms with Crippen LogP contribution in [0.5, 0.6) is 0 Å². The Kier molecular flexibility index (Phi) is 4.83. The minimum Gasteiger partial charge on any atom is -0.481 e. The maximum absolute atomic E-state index is 11.5. The maximum Gasteiger partial charge on any atom is 0.303 e. The van der Waals surface area contributed by atoms with Gasteiger partial charge in [0, 0.05) is 6.42 Å². The number of carboxylic acid groups (broad SMARTS) is 1. The lowest BCUT2D eigenvalue weighted by Gasteiger charge is -2.07. The van der Waals surface area contributed by atoms with E-state index in [1.807, 2.05) is 6.07 Å². The number of carbonyl (C=O) groups excluding carboxylic acids is 1. The van der Waals surface area contributed by atoms with Gasteiger partial charge in [0.05, 0.1) is 25.8 Å². The Labute approximate surface area is 102 Å². The molecule has 0 spiro atoms. The molecule has 96 valence electrons. The van der Waals surface area contributed by atoms with E-state index in [9.17, 15) is 9.59 Å². The number of aliphatic hydroxyl groups excluding tert-OH is 1. The van der Waals surface area contributed by atoms with Crippen molar-refractivity contribution in [2.24, 2.45) is 0 Å². The van der Waals surface area contributed by atoms with E-state index in [2.05, 4.69) is 10.4 Å². The van der Waals surface area contributed by atoms with Crippen molar-refractivity contribution in [2.45, 2.75) is 19.4 Å². The fraction of sp³-hybridized carbons (Fsp3) is 0.400. The van der Waals surface area contributed by atoms with Crippen LogP contribution in [-0.4, -0.2) is 38.5 Å². The lowest BCUT2D eigenvalue weighted by molar-refractivity contribution is -0.138. The second kappa shape index (κ2) is 6.36. The molecule has 18 heavy (non-hydrogen) atoms. The average Bonchev–Trinajstić information content (AvgIpc) is 2.70. The van der Waals surface area contributed by atoms with Crippen molar-refractivity contribution in [1.29, 1.82) is 5.26 Å². The van der Waals surface area contributed by atoms with Crippen molar-refractivity contribution in [3.8, 4) is 6.07 Å². The van der Waals surface area contributed by atoms with Crippen LogP contribution in [0.3, 0.4) is 0 Å². The van der Waals surface area contributed by atoms with Crippen LogP contribution >= 0.6 is 0 Å². The summed E-state index contributed by atoms with van der Waals surface area (Å²) in [6, 6.07) is 1.85. The van der Waals surface area contributed by atoms with E-state index in [4.69, 9.17) is 15.5 Å². The van der Waals surface area contributed by atoms with Gasteiger partial charge < -0.3 is 15.5 Å². The highest BCUT2D eigenvalue weighted by Gasteiger charge is 2.14. The first-order valence-electron chi connectivity index (χ1n) is 5.17. The largest absolute Gasteiger partial charge is 0.481 e. The zero-order valence-electron chi connectivity index (χ0n) is 9.46. The van der Waals surface area contributed by atoms with Crippen molar-refractivity contribution in [1.82, 2.24) is 9.78 Å². The molecule has 1 rings (SSSR count). The Hall–Kier alpha value is -2.40. The summed E-state index contributed by atoms with van der Waals surface area (Å²) in [5, 5.41) is 32.3. The average molecular weight is 252 g/mol. The van der Waals surface area contributed by atoms with Gasteiger partial charge in [0.2, 0.25) is 5.91 Å². The number of rotatable bonds is 6. The SMILES string of the molecule is N#Cc1cnn(CCO)c1NC(=O)CCC(=O)O. The van der Waals surface area contributed by atoms with Crippen molar-refractivity contribution < 1.29 is 19.8 Å². The van der Waals surface area contributed by atoms with Crippen LogP contribution in [0.2, 0.25) is 0 Å². The summed E-state index contributed by atoms with van der Waals surface area (Å²) < 4.78 is 1.28. The Morgan fingerprint density at radius 3 is 2.78 bits per heavy atom. The van der Waals surface area contributed by atoms with Gasteiger partial charge in [0.1, 0.15) is 17.5 Å². The van der Waals surface area contributed by atoms with E-state index in [1.54, 1.807) is 0 Å². The van der Waals surface area contributed by atoms with Crippen LogP contribution in [-0.2, 0) is 16.1 Å². The van der Waals surface area contributed by atoms with Gasteiger partial charge in [-0.15, -0.1) is 0 Å². The monoisotopic (exact) mass is 252 g/mol. The highest BCUT2D eigenvalue weighted by atomic mass is 16.4. The minimum absolute atomic E-state index is 0.135. The van der Waals surface area contributed by atoms with Gasteiger partial charge in [-0.2, -0.15) is 10.4 Å². The van der Waals surface area contributed by atoms with Gasteiger partial charge >= 0.3 is 5.97 Å². The summed E-state index contributed by atoms with van der Waals surface area (Å²) in [7, 11) is 0. The number of nitrogens with zero attached hydrogens (tertiary/aromatic N) is 3. The fourth-order valence-corrected chi connectivity index (χ4v) is 1.28. The highest BCUT2D eigenvalue weighted by molar-refractivity contribution is 5.92. The van der Waals surface area contributed by atoms with Gasteiger partial charge in [-0.1, -0.05) is 0 Å². The molecule has 0 radical (unpaired) electrons. The van der Waals surface area contributed by atoms with E-state index >= 15 is 0 Å². The molecule has 0 saturated carbocycles. The molecule has 0 aromatic carbocycles. The van der Waals surface area contributed by atoms with Gasteiger partial charge in [-0.25, -0.2) is 4.68 Å². The molecular formula is C10H12N4O4. The number of amides is 1. The maximum atomic E-state index is 11.5. The molecule has 3 N–H and O–H groups in total. The number of nitriles is 1. The number of anilines is 1. The van der Waals surface area contributed by atoms with Gasteiger partial charge in [-0.3, -0.25) is 9.59 Å². The predicted octanol–water partition coefficient (Wildman–Crippen LogP) is -0.450. The molecule has 0 saturated heterocycles. The lowest BCUT2D eigenvalue weighted by Crippen LogP contribution is -2.18. The smallest absolute Gasteiger partial charge is 0.303 e. The molecule has 0 aliphatic heterocycles. The molecule has 1 amide bonds. The summed E-state index contributed by atoms with van der Waals surface area (Å²) in [4.78, 5) is 21.8. The van der Waals surface area contributed by atoms with Gasteiger partial charge in [0.25, 0.3) is 0 Å². The number of hydrogen-bond donors (Lipinski definition) is 3. The number of aliphatic hydroxyl groups is 1. The molecule has 0 aliphatic carbocycles. The quantitative estimate of drug-likeness (QED) is 0.629. The Morgan fingerprint density at radius 1 is 1.50 bits per heavy atom. The molecule has 1 aromatic heterocycles. The van der Waals surface area contributed by atoms with Crippen molar-refractivity contribution in [2.75, 3.05) is 11.9 Å². The van der Waals surface area contributed by atoms with Crippen LogP contribution in [0.15, 0.2) is 6.20 Å². The summed E-state index contributed by atoms with van der Waals surface area (Å²) in [5.74, 6) is -1.43. The van der Waals surface area contributed by atoms with Crippen LogP contribution in [0, 0.1) is 11.3 Å². The third-order valence-corrected chi connectivity index (χ3v) is 2.10.